The zero-order valence-corrected chi connectivity index (χ0v) is 12.5. The van der Waals surface area contributed by atoms with Crippen LogP contribution in [0.2, 0.25) is 0 Å². The molecule has 22 heavy (non-hydrogen) atoms. The van der Waals surface area contributed by atoms with Gasteiger partial charge in [-0.1, -0.05) is 42.0 Å². The van der Waals surface area contributed by atoms with Crippen LogP contribution in [0.4, 0.5) is 4.79 Å². The summed E-state index contributed by atoms with van der Waals surface area (Å²) >= 11 is 0. The third-order valence-corrected chi connectivity index (χ3v) is 3.93. The molecule has 0 saturated heterocycles. The summed E-state index contributed by atoms with van der Waals surface area (Å²) in [6.07, 6.45) is 3.10. The number of rotatable bonds is 2. The lowest BCUT2D eigenvalue weighted by molar-refractivity contribution is 0.117. The van der Waals surface area contributed by atoms with E-state index >= 15 is 0 Å². The van der Waals surface area contributed by atoms with E-state index in [1.807, 2.05) is 6.08 Å². The molecule has 0 amide bonds. The summed E-state index contributed by atoms with van der Waals surface area (Å²) in [5, 5.41) is 8.80. The van der Waals surface area contributed by atoms with E-state index in [0.717, 1.165) is 29.5 Å². The predicted molar refractivity (Wildman–Crippen MR) is 86.6 cm³/mol. The summed E-state index contributed by atoms with van der Waals surface area (Å²) in [5.74, 6) is 0.521. The first-order valence-corrected chi connectivity index (χ1v) is 7.43. The average Bonchev–Trinajstić information content (AvgIpc) is 2.68. The van der Waals surface area contributed by atoms with E-state index in [1.165, 1.54) is 11.1 Å². The molecule has 0 aromatic heterocycles. The first kappa shape index (κ1) is 14.4. The maximum absolute atomic E-state index is 10.7. The van der Waals surface area contributed by atoms with Gasteiger partial charge in [-0.25, -0.2) is 4.79 Å². The Balaban J connectivity index is 1.99. The van der Waals surface area contributed by atoms with Crippen LogP contribution in [0.3, 0.4) is 0 Å². The minimum Gasteiger partial charge on any atom is -0.449 e. The van der Waals surface area contributed by atoms with Crippen molar-refractivity contribution < 1.29 is 14.6 Å². The van der Waals surface area contributed by atoms with Crippen LogP contribution in [0.25, 0.3) is 17.2 Å². The first-order valence-electron chi connectivity index (χ1n) is 7.43. The average molecular weight is 294 g/mol. The summed E-state index contributed by atoms with van der Waals surface area (Å²) in [4.78, 5) is 10.7. The lowest BCUT2D eigenvalue weighted by Crippen LogP contribution is -1.99. The number of fused-ring (bicyclic) bond motifs is 1. The molecule has 0 radical (unpaired) electrons. The molecule has 0 heterocycles. The van der Waals surface area contributed by atoms with Gasteiger partial charge in [0, 0.05) is 6.42 Å². The minimum absolute atomic E-state index is 0.521. The summed E-state index contributed by atoms with van der Waals surface area (Å²) in [5.41, 5.74) is 5.81. The third kappa shape index (κ3) is 3.19. The Bertz CT molecular complexity index is 727. The van der Waals surface area contributed by atoms with Gasteiger partial charge in [0.1, 0.15) is 5.76 Å². The second-order valence-electron chi connectivity index (χ2n) is 5.61. The standard InChI is InChI=1S/C19H18O3/c1-13-5-7-15(8-6-13)16-10-9-14-3-2-4-18(22-19(20)21)12-17(14)11-16/h5-12H,2-4H2,1H3,(H,20,21). The van der Waals surface area contributed by atoms with Crippen LogP contribution in [0.5, 0.6) is 0 Å². The Morgan fingerprint density at radius 3 is 2.50 bits per heavy atom. The smallest absolute Gasteiger partial charge is 0.449 e. The Morgan fingerprint density at radius 2 is 1.77 bits per heavy atom. The highest BCUT2D eigenvalue weighted by Crippen LogP contribution is 2.28. The second kappa shape index (κ2) is 6.06. The number of allylic oxidation sites excluding steroid dienone is 1. The molecular formula is C19H18O3. The van der Waals surface area contributed by atoms with Gasteiger partial charge in [-0.05, 0) is 54.2 Å². The molecule has 0 fully saturated rings. The SMILES string of the molecule is Cc1ccc(-c2ccc3c(c2)C=C(OC(=O)O)CCC3)cc1. The quantitative estimate of drug-likeness (QED) is 0.790. The van der Waals surface area contributed by atoms with Gasteiger partial charge in [0.05, 0.1) is 0 Å². The maximum atomic E-state index is 10.7. The van der Waals surface area contributed by atoms with Gasteiger partial charge in [-0.2, -0.15) is 0 Å². The van der Waals surface area contributed by atoms with Crippen molar-refractivity contribution in [2.24, 2.45) is 0 Å². The van der Waals surface area contributed by atoms with Gasteiger partial charge >= 0.3 is 6.16 Å². The zero-order valence-electron chi connectivity index (χ0n) is 12.5. The van der Waals surface area contributed by atoms with Gasteiger partial charge in [-0.3, -0.25) is 0 Å². The number of aryl methyl sites for hydroxylation is 2. The Morgan fingerprint density at radius 1 is 1.05 bits per heavy atom. The maximum Gasteiger partial charge on any atom is 0.511 e. The fourth-order valence-corrected chi connectivity index (χ4v) is 2.77. The van der Waals surface area contributed by atoms with Crippen LogP contribution in [-0.4, -0.2) is 11.3 Å². The van der Waals surface area contributed by atoms with E-state index in [1.54, 1.807) is 0 Å². The number of hydrogen-bond donors (Lipinski definition) is 1. The molecule has 0 spiro atoms. The van der Waals surface area contributed by atoms with E-state index in [-0.39, 0.29) is 0 Å². The number of benzene rings is 2. The summed E-state index contributed by atoms with van der Waals surface area (Å²) in [6.45, 7) is 2.07. The van der Waals surface area contributed by atoms with Crippen molar-refractivity contribution in [3.63, 3.8) is 0 Å². The van der Waals surface area contributed by atoms with Gasteiger partial charge in [-0.15, -0.1) is 0 Å². The number of ether oxygens (including phenoxy) is 1. The van der Waals surface area contributed by atoms with Gasteiger partial charge < -0.3 is 9.84 Å². The fourth-order valence-electron chi connectivity index (χ4n) is 2.77. The van der Waals surface area contributed by atoms with Crippen LogP contribution in [0, 0.1) is 6.92 Å². The van der Waals surface area contributed by atoms with Crippen LogP contribution in [0.1, 0.15) is 29.5 Å². The molecule has 2 aromatic carbocycles. The number of carbonyl (C=O) groups is 1. The van der Waals surface area contributed by atoms with Crippen molar-refractivity contribution in [1.82, 2.24) is 0 Å². The molecule has 1 N–H and O–H groups in total. The second-order valence-corrected chi connectivity index (χ2v) is 5.61. The van der Waals surface area contributed by atoms with Crippen LogP contribution in [-0.2, 0) is 11.2 Å². The Hall–Kier alpha value is -2.55. The highest BCUT2D eigenvalue weighted by Gasteiger charge is 2.13. The van der Waals surface area contributed by atoms with Gasteiger partial charge in [0.15, 0.2) is 0 Å². The summed E-state index contributed by atoms with van der Waals surface area (Å²) < 4.78 is 4.87. The van der Waals surface area contributed by atoms with Crippen molar-refractivity contribution in [2.75, 3.05) is 0 Å². The highest BCUT2D eigenvalue weighted by molar-refractivity contribution is 5.71. The molecule has 1 aliphatic carbocycles. The number of carboxylic acid groups (broad SMARTS) is 1. The fraction of sp³-hybridized carbons (Fsp3) is 0.211. The molecule has 2 aromatic rings. The lowest BCUT2D eigenvalue weighted by atomic mass is 9.97. The van der Waals surface area contributed by atoms with Crippen LogP contribution < -0.4 is 0 Å². The molecule has 112 valence electrons. The van der Waals surface area contributed by atoms with Crippen molar-refractivity contribution in [2.45, 2.75) is 26.2 Å². The molecule has 0 atom stereocenters. The van der Waals surface area contributed by atoms with E-state index in [0.29, 0.717) is 12.2 Å². The molecular weight excluding hydrogens is 276 g/mol. The van der Waals surface area contributed by atoms with Crippen molar-refractivity contribution in [3.05, 3.63) is 64.9 Å². The monoisotopic (exact) mass is 294 g/mol. The molecule has 0 saturated carbocycles. The largest absolute Gasteiger partial charge is 0.511 e. The predicted octanol–water partition coefficient (Wildman–Crippen LogP) is 5.03. The van der Waals surface area contributed by atoms with Gasteiger partial charge in [0.25, 0.3) is 0 Å². The Kier molecular flexibility index (Phi) is 3.96. The molecule has 0 bridgehead atoms. The normalized spacial score (nSPS) is 13.8. The lowest BCUT2D eigenvalue weighted by Gasteiger charge is -2.08. The molecule has 0 unspecified atom stereocenters. The summed E-state index contributed by atoms with van der Waals surface area (Å²) in [6, 6.07) is 14.8. The number of hydrogen-bond acceptors (Lipinski definition) is 2. The molecule has 3 nitrogen and oxygen atoms in total. The van der Waals surface area contributed by atoms with Crippen molar-refractivity contribution in [3.8, 4) is 11.1 Å². The third-order valence-electron chi connectivity index (χ3n) is 3.93. The van der Waals surface area contributed by atoms with E-state index in [9.17, 15) is 4.79 Å². The molecule has 3 rings (SSSR count). The van der Waals surface area contributed by atoms with Crippen molar-refractivity contribution in [1.29, 1.82) is 0 Å². The summed E-state index contributed by atoms with van der Waals surface area (Å²) in [7, 11) is 0. The van der Waals surface area contributed by atoms with Crippen LogP contribution >= 0.6 is 0 Å². The van der Waals surface area contributed by atoms with E-state index in [4.69, 9.17) is 9.84 Å². The van der Waals surface area contributed by atoms with Crippen LogP contribution in [0.15, 0.2) is 48.2 Å². The van der Waals surface area contributed by atoms with Gasteiger partial charge in [0.2, 0.25) is 0 Å². The van der Waals surface area contributed by atoms with E-state index in [2.05, 4.69) is 49.4 Å². The minimum atomic E-state index is -1.25. The first-order chi connectivity index (χ1) is 10.6. The topological polar surface area (TPSA) is 46.5 Å². The molecule has 0 aliphatic heterocycles. The molecule has 1 aliphatic rings. The van der Waals surface area contributed by atoms with Crippen molar-refractivity contribution >= 4 is 12.2 Å². The van der Waals surface area contributed by atoms with E-state index < -0.39 is 6.16 Å². The highest BCUT2D eigenvalue weighted by atomic mass is 16.7. The molecule has 3 heteroatoms. The zero-order chi connectivity index (χ0) is 15.5. The Labute approximate surface area is 129 Å².